The van der Waals surface area contributed by atoms with Crippen molar-refractivity contribution in [2.75, 3.05) is 13.1 Å². The van der Waals surface area contributed by atoms with Gasteiger partial charge in [-0.3, -0.25) is 0 Å². The van der Waals surface area contributed by atoms with Crippen LogP contribution in [-0.4, -0.2) is 31.9 Å². The van der Waals surface area contributed by atoms with Gasteiger partial charge >= 0.3 is 5.63 Å². The summed E-state index contributed by atoms with van der Waals surface area (Å²) in [6.07, 6.45) is 0.217. The number of ether oxygens (including phenoxy) is 1. The van der Waals surface area contributed by atoms with Gasteiger partial charge in [0.2, 0.25) is 10.0 Å². The van der Waals surface area contributed by atoms with Crippen molar-refractivity contribution in [3.05, 3.63) is 57.1 Å². The number of halogens is 1. The molecule has 1 saturated heterocycles. The van der Waals surface area contributed by atoms with Crippen LogP contribution in [0.3, 0.4) is 0 Å². The van der Waals surface area contributed by atoms with Crippen molar-refractivity contribution in [3.63, 3.8) is 0 Å². The van der Waals surface area contributed by atoms with Crippen LogP contribution in [0.5, 0.6) is 5.75 Å². The lowest BCUT2D eigenvalue weighted by Crippen LogP contribution is -2.31. The first-order chi connectivity index (χ1) is 11.8. The van der Waals surface area contributed by atoms with Crippen LogP contribution in [0, 0.1) is 13.8 Å². The van der Waals surface area contributed by atoms with Gasteiger partial charge in [-0.15, -0.1) is 0 Å². The maximum Gasteiger partial charge on any atom is 0.339 e. The molecule has 25 heavy (non-hydrogen) atoms. The van der Waals surface area contributed by atoms with Gasteiger partial charge in [-0.1, -0.05) is 17.7 Å². The number of sulfonamides is 1. The van der Waals surface area contributed by atoms with E-state index in [1.807, 2.05) is 6.92 Å². The van der Waals surface area contributed by atoms with Crippen molar-refractivity contribution < 1.29 is 17.6 Å². The molecule has 2 heterocycles. The standard InChI is InChI=1S/C17H18ClNO5S/c1-11-3-4-15(9-16(11)18)25(21,22)19-6-5-13(10-19)24-14-7-12(2)23-17(20)8-14/h3-4,7-9,13H,5-6,10H2,1-2H3/t13-/m0/s1. The first kappa shape index (κ1) is 18.0. The van der Waals surface area contributed by atoms with Crippen LogP contribution < -0.4 is 10.4 Å². The Morgan fingerprint density at radius 2 is 2.00 bits per heavy atom. The summed E-state index contributed by atoms with van der Waals surface area (Å²) in [5.41, 5.74) is 0.327. The Morgan fingerprint density at radius 3 is 2.68 bits per heavy atom. The van der Waals surface area contributed by atoms with Gasteiger partial charge in [-0.2, -0.15) is 4.31 Å². The van der Waals surface area contributed by atoms with Crippen molar-refractivity contribution in [2.24, 2.45) is 0 Å². The molecule has 6 nitrogen and oxygen atoms in total. The highest BCUT2D eigenvalue weighted by atomic mass is 35.5. The number of hydrogen-bond acceptors (Lipinski definition) is 5. The molecule has 0 radical (unpaired) electrons. The molecule has 0 spiro atoms. The molecule has 1 atom stereocenters. The Kier molecular flexibility index (Phi) is 4.90. The van der Waals surface area contributed by atoms with Gasteiger partial charge in [0.25, 0.3) is 0 Å². The third kappa shape index (κ3) is 3.89. The zero-order chi connectivity index (χ0) is 18.2. The minimum absolute atomic E-state index is 0.167. The van der Waals surface area contributed by atoms with Gasteiger partial charge in [-0.05, 0) is 38.0 Å². The van der Waals surface area contributed by atoms with Gasteiger partial charge in [0, 0.05) is 17.6 Å². The number of aryl methyl sites for hydroxylation is 2. The fraction of sp³-hybridized carbons (Fsp3) is 0.353. The van der Waals surface area contributed by atoms with Crippen LogP contribution in [0.15, 0.2) is 44.4 Å². The quantitative estimate of drug-likeness (QED) is 0.811. The van der Waals surface area contributed by atoms with Crippen LogP contribution in [0.2, 0.25) is 5.02 Å². The molecule has 8 heteroatoms. The van der Waals surface area contributed by atoms with Gasteiger partial charge in [0.1, 0.15) is 17.6 Å². The maximum atomic E-state index is 12.8. The molecule has 1 aliphatic rings. The molecule has 3 rings (SSSR count). The lowest BCUT2D eigenvalue weighted by atomic mass is 10.2. The number of benzene rings is 1. The van der Waals surface area contributed by atoms with Crippen molar-refractivity contribution in [1.29, 1.82) is 0 Å². The van der Waals surface area contributed by atoms with Gasteiger partial charge in [-0.25, -0.2) is 13.2 Å². The van der Waals surface area contributed by atoms with Crippen LogP contribution in [0.4, 0.5) is 0 Å². The Hall–Kier alpha value is -1.83. The van der Waals surface area contributed by atoms with E-state index in [4.69, 9.17) is 20.8 Å². The smallest absolute Gasteiger partial charge is 0.339 e. The topological polar surface area (TPSA) is 76.8 Å². The molecule has 0 aliphatic carbocycles. The Morgan fingerprint density at radius 1 is 1.24 bits per heavy atom. The van der Waals surface area contributed by atoms with E-state index in [1.54, 1.807) is 25.1 Å². The normalized spacial score (nSPS) is 18.4. The van der Waals surface area contributed by atoms with Crippen LogP contribution >= 0.6 is 11.6 Å². The molecular weight excluding hydrogens is 366 g/mol. The van der Waals surface area contributed by atoms with Gasteiger partial charge in [0.15, 0.2) is 0 Å². The van der Waals surface area contributed by atoms with Gasteiger partial charge in [0.05, 0.1) is 17.5 Å². The lowest BCUT2D eigenvalue weighted by molar-refractivity contribution is 0.213. The predicted octanol–water partition coefficient (Wildman–Crippen LogP) is 2.75. The molecule has 1 fully saturated rings. The molecule has 0 saturated carbocycles. The summed E-state index contributed by atoms with van der Waals surface area (Å²) in [4.78, 5) is 11.6. The van der Waals surface area contributed by atoms with Gasteiger partial charge < -0.3 is 9.15 Å². The summed E-state index contributed by atoms with van der Waals surface area (Å²) in [5, 5.41) is 0.416. The highest BCUT2D eigenvalue weighted by Crippen LogP contribution is 2.26. The fourth-order valence-corrected chi connectivity index (χ4v) is 4.49. The number of hydrogen-bond donors (Lipinski definition) is 0. The fourth-order valence-electron chi connectivity index (χ4n) is 2.73. The second kappa shape index (κ2) is 6.82. The third-order valence-electron chi connectivity index (χ3n) is 4.06. The largest absolute Gasteiger partial charge is 0.489 e. The van der Waals surface area contributed by atoms with Crippen molar-refractivity contribution in [1.82, 2.24) is 4.31 Å². The van der Waals surface area contributed by atoms with E-state index in [1.165, 1.54) is 16.4 Å². The van der Waals surface area contributed by atoms with E-state index in [2.05, 4.69) is 0 Å². The molecule has 1 aromatic heterocycles. The molecule has 0 N–H and O–H groups in total. The molecule has 0 amide bonds. The molecular formula is C17H18ClNO5S. The maximum absolute atomic E-state index is 12.8. The number of rotatable bonds is 4. The van der Waals surface area contributed by atoms with E-state index in [0.29, 0.717) is 29.5 Å². The Bertz CT molecular complexity index is 954. The van der Waals surface area contributed by atoms with E-state index in [0.717, 1.165) is 5.56 Å². The zero-order valence-electron chi connectivity index (χ0n) is 13.9. The second-order valence-electron chi connectivity index (χ2n) is 6.03. The second-order valence-corrected chi connectivity index (χ2v) is 8.37. The Balaban J connectivity index is 1.75. The van der Waals surface area contributed by atoms with E-state index in [9.17, 15) is 13.2 Å². The van der Waals surface area contributed by atoms with Crippen molar-refractivity contribution in [3.8, 4) is 5.75 Å². The molecule has 1 aliphatic heterocycles. The van der Waals surface area contributed by atoms with E-state index < -0.39 is 15.6 Å². The van der Waals surface area contributed by atoms with Crippen molar-refractivity contribution >= 4 is 21.6 Å². The first-order valence-corrected chi connectivity index (χ1v) is 9.62. The van der Waals surface area contributed by atoms with Crippen LogP contribution in [-0.2, 0) is 10.0 Å². The van der Waals surface area contributed by atoms with E-state index >= 15 is 0 Å². The SMILES string of the molecule is Cc1cc(O[C@H]2CCN(S(=O)(=O)c3ccc(C)c(Cl)c3)C2)cc(=O)o1. The summed E-state index contributed by atoms with van der Waals surface area (Å²) in [7, 11) is -3.63. The predicted molar refractivity (Wildman–Crippen MR) is 93.7 cm³/mol. The molecule has 0 unspecified atom stereocenters. The summed E-state index contributed by atoms with van der Waals surface area (Å²) < 4.78 is 37.5. The highest BCUT2D eigenvalue weighted by molar-refractivity contribution is 7.89. The summed E-state index contributed by atoms with van der Waals surface area (Å²) >= 11 is 6.05. The average molecular weight is 384 g/mol. The Labute approximate surface area is 151 Å². The van der Waals surface area contributed by atoms with Crippen LogP contribution in [0.1, 0.15) is 17.7 Å². The van der Waals surface area contributed by atoms with Crippen LogP contribution in [0.25, 0.3) is 0 Å². The molecule has 2 aromatic rings. The third-order valence-corrected chi connectivity index (χ3v) is 6.33. The zero-order valence-corrected chi connectivity index (χ0v) is 15.4. The molecule has 1 aromatic carbocycles. The monoisotopic (exact) mass is 383 g/mol. The molecule has 0 bridgehead atoms. The first-order valence-electron chi connectivity index (χ1n) is 7.80. The minimum atomic E-state index is -3.63. The van der Waals surface area contributed by atoms with E-state index in [-0.39, 0.29) is 17.5 Å². The summed E-state index contributed by atoms with van der Waals surface area (Å²) in [5.74, 6) is 0.829. The number of nitrogens with zero attached hydrogens (tertiary/aromatic N) is 1. The average Bonchev–Trinajstić information content (AvgIpc) is 2.98. The summed E-state index contributed by atoms with van der Waals surface area (Å²) in [6.45, 7) is 4.03. The van der Waals surface area contributed by atoms with Crippen molar-refractivity contribution in [2.45, 2.75) is 31.3 Å². The highest BCUT2D eigenvalue weighted by Gasteiger charge is 2.34. The summed E-state index contributed by atoms with van der Waals surface area (Å²) in [6, 6.07) is 7.57. The minimum Gasteiger partial charge on any atom is -0.489 e. The lowest BCUT2D eigenvalue weighted by Gasteiger charge is -2.17. The molecule has 134 valence electrons.